The third kappa shape index (κ3) is 4.68. The number of halogens is 1. The van der Waals surface area contributed by atoms with Gasteiger partial charge in [-0.2, -0.15) is 14.5 Å². The van der Waals surface area contributed by atoms with Gasteiger partial charge in [-0.05, 0) is 87.9 Å². The summed E-state index contributed by atoms with van der Waals surface area (Å²) in [5.74, 6) is -0.110. The van der Waals surface area contributed by atoms with Crippen LogP contribution >= 0.6 is 0 Å². The van der Waals surface area contributed by atoms with Gasteiger partial charge in [0.2, 0.25) is 10.0 Å². The number of rotatable bonds is 7. The highest BCUT2D eigenvalue weighted by molar-refractivity contribution is 7.89. The third-order valence-corrected chi connectivity index (χ3v) is 10.4. The molecule has 0 aromatic carbocycles. The summed E-state index contributed by atoms with van der Waals surface area (Å²) in [6, 6.07) is 5.74. The van der Waals surface area contributed by atoms with E-state index in [4.69, 9.17) is 0 Å². The number of aryl methyl sites for hydroxylation is 2. The van der Waals surface area contributed by atoms with Crippen LogP contribution in [0.25, 0.3) is 11.9 Å². The Hall–Kier alpha value is -4.03. The van der Waals surface area contributed by atoms with Crippen molar-refractivity contribution in [2.45, 2.75) is 63.4 Å². The highest BCUT2D eigenvalue weighted by Gasteiger charge is 2.52. The van der Waals surface area contributed by atoms with Crippen molar-refractivity contribution in [3.63, 3.8) is 0 Å². The Balaban J connectivity index is 1.46. The summed E-state index contributed by atoms with van der Waals surface area (Å²) in [6.07, 6.45) is 11.0. The molecule has 4 aromatic heterocycles. The van der Waals surface area contributed by atoms with Gasteiger partial charge in [0, 0.05) is 31.5 Å². The lowest BCUT2D eigenvalue weighted by Crippen LogP contribution is -2.52. The minimum absolute atomic E-state index is 0.125. The summed E-state index contributed by atoms with van der Waals surface area (Å²) in [6.45, 7) is 5.62. The molecule has 12 heteroatoms. The van der Waals surface area contributed by atoms with Gasteiger partial charge in [0.25, 0.3) is 0 Å². The van der Waals surface area contributed by atoms with Crippen LogP contribution in [0.3, 0.4) is 0 Å². The largest absolute Gasteiger partial charge is 0.291 e. The van der Waals surface area contributed by atoms with Crippen LogP contribution in [0, 0.1) is 18.2 Å². The number of pyridine rings is 2. The van der Waals surface area contributed by atoms with Crippen LogP contribution in [-0.4, -0.2) is 60.1 Å². The van der Waals surface area contributed by atoms with Crippen molar-refractivity contribution in [2.75, 3.05) is 0 Å². The second-order valence-corrected chi connectivity index (χ2v) is 13.3. The summed E-state index contributed by atoms with van der Waals surface area (Å²) in [5, 5.41) is 8.63. The molecule has 1 saturated carbocycles. The molecule has 6 rings (SSSR count). The molecule has 218 valence electrons. The Bertz CT molecular complexity index is 1810. The maximum absolute atomic E-state index is 14.5. The zero-order valence-electron chi connectivity index (χ0n) is 23.9. The summed E-state index contributed by atoms with van der Waals surface area (Å²) < 4.78 is 46.1. The van der Waals surface area contributed by atoms with Gasteiger partial charge in [0.15, 0.2) is 11.6 Å². The predicted octanol–water partition coefficient (Wildman–Crippen LogP) is 4.30. The van der Waals surface area contributed by atoms with Crippen molar-refractivity contribution in [1.29, 1.82) is 0 Å². The number of hydrogen-bond donors (Lipinski definition) is 0. The number of carbonyl (C=O) groups excluding carboxylic acids is 1. The highest BCUT2D eigenvalue weighted by atomic mass is 32.2. The highest BCUT2D eigenvalue weighted by Crippen LogP contribution is 2.51. The molecule has 0 radical (unpaired) electrons. The number of nitrogens with zero attached hydrogens (tertiary/aromatic N) is 7. The number of ketones is 1. The fourth-order valence-corrected chi connectivity index (χ4v) is 8.27. The fourth-order valence-electron chi connectivity index (χ4n) is 6.43. The molecule has 4 heterocycles. The van der Waals surface area contributed by atoms with Gasteiger partial charge in [0.05, 0.1) is 29.7 Å². The number of hydrogen-bond acceptors (Lipinski definition) is 7. The van der Waals surface area contributed by atoms with E-state index in [0.717, 1.165) is 28.6 Å². The van der Waals surface area contributed by atoms with Crippen LogP contribution in [0.15, 0.2) is 65.7 Å². The molecule has 2 aliphatic carbocycles. The first-order valence-corrected chi connectivity index (χ1v) is 15.3. The lowest BCUT2D eigenvalue weighted by atomic mass is 9.60. The molecule has 10 nitrogen and oxygen atoms in total. The molecule has 0 bridgehead atoms. The molecule has 1 fully saturated rings. The molecule has 2 atom stereocenters. The van der Waals surface area contributed by atoms with Crippen molar-refractivity contribution in [3.05, 3.63) is 89.2 Å². The summed E-state index contributed by atoms with van der Waals surface area (Å²) in [5.41, 5.74) is 2.77. The second kappa shape index (κ2) is 10.4. The predicted molar refractivity (Wildman–Crippen MR) is 154 cm³/mol. The number of carbonyl (C=O) groups is 1. The van der Waals surface area contributed by atoms with E-state index in [1.54, 1.807) is 40.6 Å². The van der Waals surface area contributed by atoms with E-state index < -0.39 is 27.3 Å². The third-order valence-electron chi connectivity index (χ3n) is 8.27. The molecule has 0 aliphatic heterocycles. The summed E-state index contributed by atoms with van der Waals surface area (Å²) in [7, 11) is -2.21. The van der Waals surface area contributed by atoms with Crippen LogP contribution in [0.4, 0.5) is 4.39 Å². The first kappa shape index (κ1) is 28.1. The molecule has 42 heavy (non-hydrogen) atoms. The molecule has 0 unspecified atom stereocenters. The van der Waals surface area contributed by atoms with Crippen LogP contribution in [0.5, 0.6) is 0 Å². The Kier molecular flexibility index (Phi) is 6.93. The number of fused-ring (bicyclic) bond motifs is 2. The molecule has 0 amide bonds. The van der Waals surface area contributed by atoms with Crippen molar-refractivity contribution in [1.82, 2.24) is 33.8 Å². The smallest absolute Gasteiger partial charge is 0.246 e. The minimum atomic E-state index is -3.89. The van der Waals surface area contributed by atoms with Crippen molar-refractivity contribution < 1.29 is 17.6 Å². The lowest BCUT2D eigenvalue weighted by molar-refractivity contribution is 0.0722. The SMILES string of the molecule is Cc1ccnc(C(=O)[C@]23Cc4cnn(-c5ccc(F)cn5)c4C=C2CC[C@H](N(C(C)C)S(=O)(=O)c2cnn(C)c2)C3)c1. The van der Waals surface area contributed by atoms with Crippen LogP contribution < -0.4 is 0 Å². The number of sulfonamides is 1. The molecular weight excluding hydrogens is 557 g/mol. The Labute approximate surface area is 244 Å². The quantitative estimate of drug-likeness (QED) is 0.295. The number of aromatic nitrogens is 6. The summed E-state index contributed by atoms with van der Waals surface area (Å²) in [4.78, 5) is 23.3. The second-order valence-electron chi connectivity index (χ2n) is 11.5. The van der Waals surface area contributed by atoms with Gasteiger partial charge in [-0.3, -0.25) is 14.5 Å². The molecule has 0 saturated heterocycles. The average molecular weight is 590 g/mol. The van der Waals surface area contributed by atoms with Crippen molar-refractivity contribution >= 4 is 21.9 Å². The van der Waals surface area contributed by atoms with Crippen molar-refractivity contribution in [2.24, 2.45) is 12.5 Å². The topological polar surface area (TPSA) is 116 Å². The summed E-state index contributed by atoms with van der Waals surface area (Å²) >= 11 is 0. The standard InChI is InChI=1S/C30H32FN7O3S/c1-19(2)38(42(40,41)25-17-34-36(4)18-25)24-7-5-22-12-27-21(15-35-37(27)28-8-6-23(31)16-33-28)13-30(22,14-24)29(39)26-11-20(3)9-10-32-26/h6,8-12,15-19,24H,5,7,13-14H2,1-4H3/t24-,30-/m0/s1. The lowest BCUT2D eigenvalue weighted by Gasteiger charge is -2.47. The van der Waals surface area contributed by atoms with Gasteiger partial charge in [-0.25, -0.2) is 22.5 Å². The van der Waals surface area contributed by atoms with Crippen LogP contribution in [-0.2, 0) is 23.5 Å². The van der Waals surface area contributed by atoms with Gasteiger partial charge in [-0.15, -0.1) is 0 Å². The van der Waals surface area contributed by atoms with E-state index in [9.17, 15) is 17.6 Å². The van der Waals surface area contributed by atoms with Gasteiger partial charge < -0.3 is 0 Å². The van der Waals surface area contributed by atoms with Gasteiger partial charge in [-0.1, -0.05) is 5.57 Å². The molecule has 2 aliphatic rings. The maximum Gasteiger partial charge on any atom is 0.246 e. The molecule has 4 aromatic rings. The Morgan fingerprint density at radius 1 is 1.14 bits per heavy atom. The average Bonchev–Trinajstić information content (AvgIpc) is 3.57. The van der Waals surface area contributed by atoms with Gasteiger partial charge in [0.1, 0.15) is 16.4 Å². The fraction of sp³-hybridized carbons (Fsp3) is 0.367. The normalized spacial score (nSPS) is 20.4. The van der Waals surface area contributed by atoms with Crippen molar-refractivity contribution in [3.8, 4) is 5.82 Å². The van der Waals surface area contributed by atoms with E-state index in [1.165, 1.54) is 23.1 Å². The van der Waals surface area contributed by atoms with E-state index >= 15 is 0 Å². The van der Waals surface area contributed by atoms with E-state index in [-0.39, 0.29) is 16.7 Å². The first-order valence-electron chi connectivity index (χ1n) is 13.9. The zero-order chi connectivity index (χ0) is 29.8. The Morgan fingerprint density at radius 3 is 2.62 bits per heavy atom. The number of Topliss-reactive ketones (excluding diaryl/α,β-unsaturated/α-hetero) is 1. The number of allylic oxidation sites excluding steroid dienone is 1. The molecule has 0 N–H and O–H groups in total. The van der Waals surface area contributed by atoms with E-state index in [0.29, 0.717) is 37.2 Å². The monoisotopic (exact) mass is 589 g/mol. The van der Waals surface area contributed by atoms with E-state index in [2.05, 4.69) is 20.2 Å². The first-order chi connectivity index (χ1) is 20.0. The molecular formula is C30H32FN7O3S. The van der Waals surface area contributed by atoms with Crippen LogP contribution in [0.1, 0.15) is 60.4 Å². The minimum Gasteiger partial charge on any atom is -0.291 e. The Morgan fingerprint density at radius 2 is 1.95 bits per heavy atom. The van der Waals surface area contributed by atoms with Gasteiger partial charge >= 0.3 is 0 Å². The maximum atomic E-state index is 14.5. The molecule has 0 spiro atoms. The van der Waals surface area contributed by atoms with E-state index in [1.807, 2.05) is 32.9 Å². The van der Waals surface area contributed by atoms with Crippen LogP contribution in [0.2, 0.25) is 0 Å². The zero-order valence-corrected chi connectivity index (χ0v) is 24.7.